The first-order chi connectivity index (χ1) is 8.83. The number of anilines is 2. The maximum atomic E-state index is 2.42. The van der Waals surface area contributed by atoms with Crippen molar-refractivity contribution < 1.29 is 0 Å². The Morgan fingerprint density at radius 2 is 1.72 bits per heavy atom. The van der Waals surface area contributed by atoms with Gasteiger partial charge in [0.25, 0.3) is 0 Å². The van der Waals surface area contributed by atoms with Crippen molar-refractivity contribution >= 4 is 23.1 Å². The Morgan fingerprint density at radius 3 is 2.50 bits per heavy atom. The third-order valence-corrected chi connectivity index (χ3v) is 4.54. The van der Waals surface area contributed by atoms with Crippen molar-refractivity contribution in [1.29, 1.82) is 0 Å². The first kappa shape index (κ1) is 11.7. The normalized spacial score (nSPS) is 13.1. The van der Waals surface area contributed by atoms with E-state index >= 15 is 0 Å². The molecule has 2 heteroatoms. The van der Waals surface area contributed by atoms with Crippen molar-refractivity contribution in [3.05, 3.63) is 48.0 Å². The molecule has 2 aromatic rings. The molecule has 1 aliphatic heterocycles. The SMILES string of the molecule is CCc1ccc2c(c1)N(CC)c1ccccc1S2. The lowest BCUT2D eigenvalue weighted by atomic mass is 10.1. The van der Waals surface area contributed by atoms with E-state index in [0.29, 0.717) is 0 Å². The summed E-state index contributed by atoms with van der Waals surface area (Å²) < 4.78 is 0. The Morgan fingerprint density at radius 1 is 0.944 bits per heavy atom. The fourth-order valence-corrected chi connectivity index (χ4v) is 3.51. The van der Waals surface area contributed by atoms with E-state index in [2.05, 4.69) is 61.2 Å². The molecule has 0 N–H and O–H groups in total. The molecule has 0 saturated carbocycles. The smallest absolute Gasteiger partial charge is 0.0555 e. The molecule has 2 aromatic carbocycles. The van der Waals surface area contributed by atoms with Crippen LogP contribution in [0, 0.1) is 0 Å². The molecule has 0 bridgehead atoms. The molecule has 0 amide bonds. The van der Waals surface area contributed by atoms with E-state index in [1.807, 2.05) is 11.8 Å². The molecule has 0 spiro atoms. The molecule has 0 fully saturated rings. The van der Waals surface area contributed by atoms with E-state index in [9.17, 15) is 0 Å². The zero-order valence-corrected chi connectivity index (χ0v) is 11.6. The van der Waals surface area contributed by atoms with E-state index < -0.39 is 0 Å². The van der Waals surface area contributed by atoms with Gasteiger partial charge in [-0.2, -0.15) is 0 Å². The predicted molar refractivity (Wildman–Crippen MR) is 79.1 cm³/mol. The molecule has 0 unspecified atom stereocenters. The van der Waals surface area contributed by atoms with Gasteiger partial charge < -0.3 is 4.90 Å². The maximum Gasteiger partial charge on any atom is 0.0555 e. The van der Waals surface area contributed by atoms with E-state index in [-0.39, 0.29) is 0 Å². The van der Waals surface area contributed by atoms with Crippen LogP contribution < -0.4 is 4.90 Å². The maximum absolute atomic E-state index is 2.42. The summed E-state index contributed by atoms with van der Waals surface area (Å²) in [4.78, 5) is 5.14. The fourth-order valence-electron chi connectivity index (χ4n) is 2.44. The fraction of sp³-hybridized carbons (Fsp3) is 0.250. The van der Waals surface area contributed by atoms with Gasteiger partial charge in [-0.3, -0.25) is 0 Å². The lowest BCUT2D eigenvalue weighted by Crippen LogP contribution is -2.20. The first-order valence-electron chi connectivity index (χ1n) is 6.50. The van der Waals surface area contributed by atoms with Crippen molar-refractivity contribution in [3.63, 3.8) is 0 Å². The Kier molecular flexibility index (Phi) is 3.04. The first-order valence-corrected chi connectivity index (χ1v) is 7.32. The van der Waals surface area contributed by atoms with Crippen molar-refractivity contribution in [3.8, 4) is 0 Å². The minimum absolute atomic E-state index is 1.01. The Bertz CT molecular complexity index is 577. The average molecular weight is 255 g/mol. The number of benzene rings is 2. The summed E-state index contributed by atoms with van der Waals surface area (Å²) in [6.07, 6.45) is 1.09. The molecular formula is C16H17NS. The monoisotopic (exact) mass is 255 g/mol. The molecule has 0 atom stereocenters. The van der Waals surface area contributed by atoms with Crippen LogP contribution in [-0.4, -0.2) is 6.54 Å². The Labute approximate surface area is 113 Å². The van der Waals surface area contributed by atoms with Crippen molar-refractivity contribution in [2.24, 2.45) is 0 Å². The molecule has 0 radical (unpaired) electrons. The van der Waals surface area contributed by atoms with Gasteiger partial charge in [0.05, 0.1) is 11.4 Å². The quantitative estimate of drug-likeness (QED) is 0.753. The van der Waals surface area contributed by atoms with Gasteiger partial charge >= 0.3 is 0 Å². The highest BCUT2D eigenvalue weighted by atomic mass is 32.2. The standard InChI is InChI=1S/C16H17NS/c1-3-12-9-10-16-14(11-12)17(4-2)13-7-5-6-8-15(13)18-16/h5-11H,3-4H2,1-2H3. The van der Waals surface area contributed by atoms with Gasteiger partial charge in [-0.05, 0) is 43.2 Å². The van der Waals surface area contributed by atoms with E-state index in [0.717, 1.165) is 13.0 Å². The zero-order chi connectivity index (χ0) is 12.5. The van der Waals surface area contributed by atoms with Crippen LogP contribution in [-0.2, 0) is 6.42 Å². The lowest BCUT2D eigenvalue weighted by molar-refractivity contribution is 0.972. The van der Waals surface area contributed by atoms with Gasteiger partial charge in [0, 0.05) is 16.3 Å². The van der Waals surface area contributed by atoms with Gasteiger partial charge in [-0.15, -0.1) is 0 Å². The van der Waals surface area contributed by atoms with Crippen molar-refractivity contribution in [2.45, 2.75) is 30.1 Å². The van der Waals surface area contributed by atoms with Crippen LogP contribution in [0.15, 0.2) is 52.3 Å². The summed E-state index contributed by atoms with van der Waals surface area (Å²) in [6, 6.07) is 15.5. The third-order valence-electron chi connectivity index (χ3n) is 3.41. The highest BCUT2D eigenvalue weighted by Gasteiger charge is 2.21. The highest BCUT2D eigenvalue weighted by Crippen LogP contribution is 2.47. The topological polar surface area (TPSA) is 3.24 Å². The second kappa shape index (κ2) is 4.69. The molecule has 1 heterocycles. The van der Waals surface area contributed by atoms with Crippen molar-refractivity contribution in [1.82, 2.24) is 0 Å². The van der Waals surface area contributed by atoms with Crippen LogP contribution in [0.5, 0.6) is 0 Å². The molecule has 0 aromatic heterocycles. The molecule has 1 aliphatic rings. The van der Waals surface area contributed by atoms with Gasteiger partial charge in [-0.1, -0.05) is 36.9 Å². The molecule has 1 nitrogen and oxygen atoms in total. The van der Waals surface area contributed by atoms with E-state index in [1.54, 1.807) is 0 Å². The largest absolute Gasteiger partial charge is 0.340 e. The summed E-state index contributed by atoms with van der Waals surface area (Å²) in [7, 11) is 0. The zero-order valence-electron chi connectivity index (χ0n) is 10.8. The summed E-state index contributed by atoms with van der Waals surface area (Å²) in [6.45, 7) is 5.44. The lowest BCUT2D eigenvalue weighted by Gasteiger charge is -2.32. The number of para-hydroxylation sites is 1. The summed E-state index contributed by atoms with van der Waals surface area (Å²) >= 11 is 1.88. The minimum Gasteiger partial charge on any atom is -0.340 e. The van der Waals surface area contributed by atoms with Crippen LogP contribution in [0.25, 0.3) is 0 Å². The molecule has 18 heavy (non-hydrogen) atoms. The summed E-state index contributed by atoms with van der Waals surface area (Å²) in [5.74, 6) is 0. The Balaban J connectivity index is 2.15. The van der Waals surface area contributed by atoms with E-state index in [1.165, 1.54) is 26.7 Å². The van der Waals surface area contributed by atoms with Crippen molar-refractivity contribution in [2.75, 3.05) is 11.4 Å². The van der Waals surface area contributed by atoms with E-state index in [4.69, 9.17) is 0 Å². The summed E-state index contributed by atoms with van der Waals surface area (Å²) in [5.41, 5.74) is 4.11. The van der Waals surface area contributed by atoms with Crippen LogP contribution >= 0.6 is 11.8 Å². The molecular weight excluding hydrogens is 238 g/mol. The summed E-state index contributed by atoms with van der Waals surface area (Å²) in [5, 5.41) is 0. The van der Waals surface area contributed by atoms with Gasteiger partial charge in [0.15, 0.2) is 0 Å². The molecule has 0 aliphatic carbocycles. The van der Waals surface area contributed by atoms with Crippen LogP contribution in [0.4, 0.5) is 11.4 Å². The van der Waals surface area contributed by atoms with Gasteiger partial charge in [0.2, 0.25) is 0 Å². The Hall–Kier alpha value is -1.41. The van der Waals surface area contributed by atoms with Crippen LogP contribution in [0.2, 0.25) is 0 Å². The second-order valence-corrected chi connectivity index (χ2v) is 5.55. The molecule has 3 rings (SSSR count). The highest BCUT2D eigenvalue weighted by molar-refractivity contribution is 7.99. The predicted octanol–water partition coefficient (Wildman–Crippen LogP) is 4.87. The number of fused-ring (bicyclic) bond motifs is 2. The molecule has 92 valence electrons. The van der Waals surface area contributed by atoms with Gasteiger partial charge in [-0.25, -0.2) is 0 Å². The number of rotatable bonds is 2. The van der Waals surface area contributed by atoms with Crippen LogP contribution in [0.3, 0.4) is 0 Å². The number of hydrogen-bond acceptors (Lipinski definition) is 2. The van der Waals surface area contributed by atoms with Crippen LogP contribution in [0.1, 0.15) is 19.4 Å². The second-order valence-electron chi connectivity index (χ2n) is 4.47. The minimum atomic E-state index is 1.01. The number of aryl methyl sites for hydroxylation is 1. The third kappa shape index (κ3) is 1.81. The van der Waals surface area contributed by atoms with Gasteiger partial charge in [0.1, 0.15) is 0 Å². The number of hydrogen-bond donors (Lipinski definition) is 0. The molecule has 0 saturated heterocycles. The number of nitrogens with zero attached hydrogens (tertiary/aromatic N) is 1. The average Bonchev–Trinajstić information content (AvgIpc) is 2.44.